The highest BCUT2D eigenvalue weighted by Crippen LogP contribution is 2.16. The Morgan fingerprint density at radius 3 is 2.52 bits per heavy atom. The molecule has 0 atom stereocenters. The Hall–Kier alpha value is -3.03. The van der Waals surface area contributed by atoms with Gasteiger partial charge >= 0.3 is 5.69 Å². The van der Waals surface area contributed by atoms with Crippen LogP contribution in [-0.2, 0) is 20.5 Å². The largest absolute Gasteiger partial charge is 0.383 e. The van der Waals surface area contributed by atoms with Crippen molar-refractivity contribution < 1.29 is 0 Å². The molecule has 0 fully saturated rings. The number of rotatable bonds is 3. The molecule has 3 N–H and O–H groups in total. The number of nitrogens with two attached hydrogens (primary N) is 1. The molecule has 0 radical (unpaired) electrons. The molecule has 0 bridgehead atoms. The number of hydrogen-bond acceptors (Lipinski definition) is 4. The molecule has 0 amide bonds. The van der Waals surface area contributed by atoms with E-state index in [2.05, 4.69) is 17.2 Å². The monoisotopic (exact) mass is 344 g/mol. The molecule has 8 nitrogen and oxygen atoms in total. The number of hydrogen-bond donors (Lipinski definition) is 2. The molecule has 0 saturated heterocycles. The van der Waals surface area contributed by atoms with Gasteiger partial charge in [0.1, 0.15) is 5.82 Å². The number of anilines is 2. The summed E-state index contributed by atoms with van der Waals surface area (Å²) < 4.78 is 2.19. The fraction of sp³-hybridized carbons (Fsp3) is 0.353. The smallest absolute Gasteiger partial charge is 0.332 e. The van der Waals surface area contributed by atoms with Crippen LogP contribution in [-0.4, -0.2) is 34.1 Å². The molecule has 2 rings (SSSR count). The topological polar surface area (TPSA) is 97.6 Å². The highest BCUT2D eigenvalue weighted by Gasteiger charge is 2.14. The van der Waals surface area contributed by atoms with Crippen LogP contribution in [0.15, 0.2) is 38.8 Å². The SMILES string of the molecule is CCc1cccc(NC(=Nc2c(N)n(C)c(=O)n(C)c2=O)N(C)C)c1. The first-order chi connectivity index (χ1) is 11.8. The summed E-state index contributed by atoms with van der Waals surface area (Å²) in [5, 5.41) is 3.19. The highest BCUT2D eigenvalue weighted by molar-refractivity contribution is 5.95. The third-order valence-electron chi connectivity index (χ3n) is 3.92. The van der Waals surface area contributed by atoms with Crippen LogP contribution >= 0.6 is 0 Å². The van der Waals surface area contributed by atoms with Gasteiger partial charge in [0.15, 0.2) is 5.69 Å². The van der Waals surface area contributed by atoms with Gasteiger partial charge in [-0.05, 0) is 24.1 Å². The van der Waals surface area contributed by atoms with Gasteiger partial charge in [0.25, 0.3) is 5.56 Å². The maximum atomic E-state index is 12.4. The van der Waals surface area contributed by atoms with E-state index in [0.717, 1.165) is 16.7 Å². The molecular formula is C17H24N6O2. The molecule has 1 aromatic heterocycles. The van der Waals surface area contributed by atoms with Crippen molar-refractivity contribution in [2.24, 2.45) is 19.1 Å². The first kappa shape index (κ1) is 18.3. The number of nitrogen functional groups attached to an aromatic ring is 1. The Morgan fingerprint density at radius 2 is 1.92 bits per heavy atom. The molecule has 8 heteroatoms. The summed E-state index contributed by atoms with van der Waals surface area (Å²) in [5.41, 5.74) is 6.97. The zero-order chi connectivity index (χ0) is 18.7. The van der Waals surface area contributed by atoms with Crippen LogP contribution < -0.4 is 22.3 Å². The fourth-order valence-electron chi connectivity index (χ4n) is 2.29. The second-order valence-electron chi connectivity index (χ2n) is 5.95. The standard InChI is InChI=1S/C17H24N6O2/c1-6-11-8-7-9-12(10-11)19-16(21(2)3)20-13-14(18)22(4)17(25)23(5)15(13)24/h7-10H,6,18H2,1-5H3,(H,19,20). The second kappa shape index (κ2) is 7.25. The summed E-state index contributed by atoms with van der Waals surface area (Å²) in [4.78, 5) is 30.4. The van der Waals surface area contributed by atoms with Crippen LogP contribution in [0.2, 0.25) is 0 Å². The van der Waals surface area contributed by atoms with E-state index in [1.54, 1.807) is 19.0 Å². The average Bonchev–Trinajstić information content (AvgIpc) is 2.60. The molecule has 0 aliphatic rings. The Balaban J connectivity index is 2.55. The van der Waals surface area contributed by atoms with E-state index in [4.69, 9.17) is 5.73 Å². The Morgan fingerprint density at radius 1 is 1.24 bits per heavy atom. The number of aliphatic imine (C=N–C) groups is 1. The van der Waals surface area contributed by atoms with Crippen molar-refractivity contribution >= 4 is 23.2 Å². The average molecular weight is 344 g/mol. The summed E-state index contributed by atoms with van der Waals surface area (Å²) in [5.74, 6) is 0.465. The number of nitrogens with one attached hydrogen (secondary N) is 1. The van der Waals surface area contributed by atoms with Crippen molar-refractivity contribution in [1.29, 1.82) is 0 Å². The summed E-state index contributed by atoms with van der Waals surface area (Å²) in [6, 6.07) is 7.92. The van der Waals surface area contributed by atoms with Crippen molar-refractivity contribution in [2.75, 3.05) is 25.1 Å². The summed E-state index contributed by atoms with van der Waals surface area (Å²) in [6.07, 6.45) is 0.915. The minimum Gasteiger partial charge on any atom is -0.383 e. The van der Waals surface area contributed by atoms with Crippen molar-refractivity contribution in [1.82, 2.24) is 14.0 Å². The zero-order valence-corrected chi connectivity index (χ0v) is 15.2. The molecule has 0 aliphatic heterocycles. The van der Waals surface area contributed by atoms with E-state index in [-0.39, 0.29) is 11.5 Å². The van der Waals surface area contributed by atoms with Crippen LogP contribution in [0.1, 0.15) is 12.5 Å². The van der Waals surface area contributed by atoms with Gasteiger partial charge in [0.2, 0.25) is 5.96 Å². The number of aryl methyl sites for hydroxylation is 1. The van der Waals surface area contributed by atoms with Gasteiger partial charge < -0.3 is 16.0 Å². The van der Waals surface area contributed by atoms with Crippen LogP contribution in [0.3, 0.4) is 0 Å². The van der Waals surface area contributed by atoms with E-state index >= 15 is 0 Å². The predicted octanol–water partition coefficient (Wildman–Crippen LogP) is 0.890. The van der Waals surface area contributed by atoms with Gasteiger partial charge in [-0.25, -0.2) is 9.79 Å². The van der Waals surface area contributed by atoms with Crippen LogP contribution in [0.5, 0.6) is 0 Å². The minimum atomic E-state index is -0.538. The number of benzene rings is 1. The van der Waals surface area contributed by atoms with Crippen molar-refractivity contribution in [2.45, 2.75) is 13.3 Å². The third kappa shape index (κ3) is 3.73. The molecule has 0 aliphatic carbocycles. The zero-order valence-electron chi connectivity index (χ0n) is 15.2. The highest BCUT2D eigenvalue weighted by atomic mass is 16.2. The molecule has 0 spiro atoms. The predicted molar refractivity (Wildman–Crippen MR) is 102 cm³/mol. The van der Waals surface area contributed by atoms with Crippen molar-refractivity contribution in [3.63, 3.8) is 0 Å². The lowest BCUT2D eigenvalue weighted by atomic mass is 10.1. The lowest BCUT2D eigenvalue weighted by Crippen LogP contribution is -2.38. The number of aromatic nitrogens is 2. The van der Waals surface area contributed by atoms with E-state index in [0.29, 0.717) is 5.96 Å². The molecule has 134 valence electrons. The normalized spacial score (nSPS) is 11.5. The maximum absolute atomic E-state index is 12.4. The first-order valence-electron chi connectivity index (χ1n) is 7.93. The van der Waals surface area contributed by atoms with E-state index in [9.17, 15) is 9.59 Å². The van der Waals surface area contributed by atoms with Gasteiger partial charge in [-0.1, -0.05) is 19.1 Å². The molecule has 0 unspecified atom stereocenters. The van der Waals surface area contributed by atoms with Crippen LogP contribution in [0, 0.1) is 0 Å². The third-order valence-corrected chi connectivity index (χ3v) is 3.92. The Labute approximate surface area is 146 Å². The number of guanidine groups is 1. The number of nitrogens with zero attached hydrogens (tertiary/aromatic N) is 4. The minimum absolute atomic E-state index is 0.0208. The van der Waals surface area contributed by atoms with Crippen molar-refractivity contribution in [3.05, 3.63) is 50.7 Å². The molecular weight excluding hydrogens is 320 g/mol. The van der Waals surface area contributed by atoms with Crippen LogP contribution in [0.25, 0.3) is 0 Å². The van der Waals surface area contributed by atoms with E-state index < -0.39 is 11.2 Å². The van der Waals surface area contributed by atoms with Gasteiger partial charge in [0.05, 0.1) is 0 Å². The Bertz CT molecular complexity index is 924. The summed E-state index contributed by atoms with van der Waals surface area (Å²) in [7, 11) is 6.51. The summed E-state index contributed by atoms with van der Waals surface area (Å²) >= 11 is 0. The van der Waals surface area contributed by atoms with Gasteiger partial charge in [-0.15, -0.1) is 0 Å². The van der Waals surface area contributed by atoms with Crippen LogP contribution in [0.4, 0.5) is 17.2 Å². The lowest BCUT2D eigenvalue weighted by molar-refractivity contribution is 0.619. The molecule has 25 heavy (non-hydrogen) atoms. The molecule has 0 saturated carbocycles. The molecule has 1 heterocycles. The van der Waals surface area contributed by atoms with Crippen molar-refractivity contribution in [3.8, 4) is 0 Å². The maximum Gasteiger partial charge on any atom is 0.332 e. The quantitative estimate of drug-likeness (QED) is 0.636. The summed E-state index contributed by atoms with van der Waals surface area (Å²) in [6.45, 7) is 2.08. The van der Waals surface area contributed by atoms with E-state index in [1.165, 1.54) is 24.2 Å². The molecule has 2 aromatic rings. The lowest BCUT2D eigenvalue weighted by Gasteiger charge is -2.18. The van der Waals surface area contributed by atoms with Gasteiger partial charge in [-0.2, -0.15) is 0 Å². The second-order valence-corrected chi connectivity index (χ2v) is 5.95. The molecule has 1 aromatic carbocycles. The first-order valence-corrected chi connectivity index (χ1v) is 7.93. The van der Waals surface area contributed by atoms with Gasteiger partial charge in [-0.3, -0.25) is 13.9 Å². The van der Waals surface area contributed by atoms with E-state index in [1.807, 2.05) is 24.3 Å². The Kier molecular flexibility index (Phi) is 5.31. The van der Waals surface area contributed by atoms with Gasteiger partial charge in [0, 0.05) is 33.9 Å². The fourth-order valence-corrected chi connectivity index (χ4v) is 2.29.